The van der Waals surface area contributed by atoms with Crippen LogP contribution >= 0.6 is 0 Å². The summed E-state index contributed by atoms with van der Waals surface area (Å²) in [5, 5.41) is 3.93. The first kappa shape index (κ1) is 47.2. The molecule has 0 saturated carbocycles. The molecule has 3 heterocycles. The van der Waals surface area contributed by atoms with Crippen LogP contribution in [0.15, 0.2) is 36.4 Å². The monoisotopic (exact) mass is 918 g/mol. The Morgan fingerprint density at radius 3 is 0.697 bits per heavy atom. The summed E-state index contributed by atoms with van der Waals surface area (Å²) in [6.07, 6.45) is -1.15. The molecule has 0 unspecified atom stereocenters. The van der Waals surface area contributed by atoms with Crippen molar-refractivity contribution >= 4 is 68.1 Å². The quantitative estimate of drug-likeness (QED) is 0.0794. The zero-order valence-electron chi connectivity index (χ0n) is 39.1. The molecular weight excluding hydrogens is 865 g/mol. The zero-order valence-corrected chi connectivity index (χ0v) is 39.1. The van der Waals surface area contributed by atoms with E-state index in [1.807, 2.05) is 62.3 Å². The molecule has 0 aliphatic carbocycles. The molecule has 0 aromatic heterocycles. The van der Waals surface area contributed by atoms with E-state index in [9.17, 15) is 28.8 Å². The van der Waals surface area contributed by atoms with Gasteiger partial charge in [-0.25, -0.2) is 14.4 Å². The Hall–Kier alpha value is -6.72. The molecule has 354 valence electrons. The van der Waals surface area contributed by atoms with Gasteiger partial charge in [-0.2, -0.15) is 0 Å². The van der Waals surface area contributed by atoms with Crippen molar-refractivity contribution in [3.63, 3.8) is 0 Å². The van der Waals surface area contributed by atoms with Gasteiger partial charge in [0.25, 0.3) is 17.4 Å². The van der Waals surface area contributed by atoms with Crippen molar-refractivity contribution in [3.05, 3.63) is 36.4 Å². The third-order valence-corrected chi connectivity index (χ3v) is 12.1. The van der Waals surface area contributed by atoms with E-state index >= 15 is 0 Å². The number of fused-ring (bicyclic) bond motifs is 9. The van der Waals surface area contributed by atoms with Gasteiger partial charge in [0.15, 0.2) is 54.3 Å². The summed E-state index contributed by atoms with van der Waals surface area (Å²) in [5.41, 5.74) is -2.48. The standard InChI is InChI=1S/C48H54O18/c1-43(2,3)46(19-37(49)58-22-40(52)55-10)61-31-13-25-26(14-32(31)62-46)28-16-34-36(66-48(64-34,45(7,8)9)21-39(51)60-24-42(54)57-12)18-30(28)29-17-35-33(15-27(25)29)63-47(65-35,44(4,5)6)20-38(50)59-23-41(53)56-11/h13-18H,19-24H2,1-12H3. The summed E-state index contributed by atoms with van der Waals surface area (Å²) in [5.74, 6) is -7.31. The lowest BCUT2D eigenvalue weighted by atomic mass is 9.83. The number of carbonyl (C=O) groups excluding carboxylic acids is 6. The van der Waals surface area contributed by atoms with E-state index in [0.717, 1.165) is 0 Å². The number of ether oxygens (including phenoxy) is 12. The van der Waals surface area contributed by atoms with Gasteiger partial charge in [0, 0.05) is 16.2 Å². The normalized spacial score (nSPS) is 20.5. The number of rotatable bonds is 12. The fourth-order valence-corrected chi connectivity index (χ4v) is 7.87. The van der Waals surface area contributed by atoms with Crippen LogP contribution in [-0.4, -0.2) is 94.3 Å². The molecule has 0 saturated heterocycles. The Bertz CT molecular complexity index is 2250. The van der Waals surface area contributed by atoms with Crippen LogP contribution in [-0.2, 0) is 57.2 Å². The molecule has 3 aliphatic heterocycles. The van der Waals surface area contributed by atoms with Crippen molar-refractivity contribution < 1.29 is 85.6 Å². The van der Waals surface area contributed by atoms with Gasteiger partial charge in [-0.05, 0) is 68.7 Å². The van der Waals surface area contributed by atoms with Crippen LogP contribution in [0.3, 0.4) is 0 Å². The minimum Gasteiger partial charge on any atom is -0.466 e. The highest BCUT2D eigenvalue weighted by Crippen LogP contribution is 2.57. The Morgan fingerprint density at radius 1 is 0.364 bits per heavy atom. The fourth-order valence-electron chi connectivity index (χ4n) is 7.87. The average Bonchev–Trinajstić information content (AvgIpc) is 3.92. The molecule has 0 bridgehead atoms. The van der Waals surface area contributed by atoms with Crippen molar-refractivity contribution in [1.29, 1.82) is 0 Å². The predicted molar refractivity (Wildman–Crippen MR) is 232 cm³/mol. The van der Waals surface area contributed by atoms with Crippen molar-refractivity contribution in [2.75, 3.05) is 41.2 Å². The summed E-state index contributed by atoms with van der Waals surface area (Å²) < 4.78 is 69.2. The van der Waals surface area contributed by atoms with E-state index in [4.69, 9.17) is 42.6 Å². The Balaban J connectivity index is 1.39. The molecular formula is C48H54O18. The number of hydrogen-bond acceptors (Lipinski definition) is 18. The van der Waals surface area contributed by atoms with Gasteiger partial charge in [-0.1, -0.05) is 62.3 Å². The third-order valence-electron chi connectivity index (χ3n) is 12.1. The van der Waals surface area contributed by atoms with Crippen molar-refractivity contribution in [2.45, 2.75) is 98.9 Å². The topological polar surface area (TPSA) is 213 Å². The van der Waals surface area contributed by atoms with Gasteiger partial charge in [0.1, 0.15) is 19.3 Å². The Morgan fingerprint density at radius 2 is 0.545 bits per heavy atom. The van der Waals surface area contributed by atoms with Crippen molar-refractivity contribution in [2.24, 2.45) is 16.2 Å². The Kier molecular flexibility index (Phi) is 11.9. The summed E-state index contributed by atoms with van der Waals surface area (Å²) in [4.78, 5) is 75.1. The van der Waals surface area contributed by atoms with Gasteiger partial charge < -0.3 is 56.8 Å². The molecule has 18 heteroatoms. The second-order valence-corrected chi connectivity index (χ2v) is 19.4. The molecule has 0 radical (unpaired) electrons. The molecule has 0 N–H and O–H groups in total. The highest BCUT2D eigenvalue weighted by molar-refractivity contribution is 6.27. The first-order chi connectivity index (χ1) is 30.8. The maximum atomic E-state index is 13.2. The van der Waals surface area contributed by atoms with Crippen LogP contribution < -0.4 is 28.4 Å². The number of esters is 6. The van der Waals surface area contributed by atoms with Gasteiger partial charge in [-0.3, -0.25) is 14.4 Å². The maximum absolute atomic E-state index is 13.2. The molecule has 0 spiro atoms. The van der Waals surface area contributed by atoms with Crippen LogP contribution in [0.25, 0.3) is 32.3 Å². The van der Waals surface area contributed by atoms with Crippen molar-refractivity contribution in [3.8, 4) is 34.5 Å². The largest absolute Gasteiger partial charge is 0.466 e. The summed E-state index contributed by atoms with van der Waals surface area (Å²) in [6, 6.07) is 10.8. The first-order valence-electron chi connectivity index (χ1n) is 21.1. The number of carbonyl (C=O) groups is 6. The highest BCUT2D eigenvalue weighted by atomic mass is 16.8. The van der Waals surface area contributed by atoms with Crippen LogP contribution in [0.4, 0.5) is 0 Å². The minimum atomic E-state index is -1.58. The molecule has 0 amide bonds. The second kappa shape index (κ2) is 16.6. The van der Waals surface area contributed by atoms with Crippen LogP contribution in [0.5, 0.6) is 34.5 Å². The average molecular weight is 919 g/mol. The van der Waals surface area contributed by atoms with E-state index < -0.39 is 89.2 Å². The van der Waals surface area contributed by atoms with Crippen LogP contribution in [0, 0.1) is 16.2 Å². The molecule has 0 atom stereocenters. The lowest BCUT2D eigenvalue weighted by molar-refractivity contribution is -0.186. The van der Waals surface area contributed by atoms with Crippen LogP contribution in [0.1, 0.15) is 81.6 Å². The van der Waals surface area contributed by atoms with E-state index in [-0.39, 0.29) is 19.3 Å². The van der Waals surface area contributed by atoms with E-state index in [1.54, 1.807) is 36.4 Å². The Labute approximate surface area is 380 Å². The first-order valence-corrected chi connectivity index (χ1v) is 21.1. The van der Waals surface area contributed by atoms with E-state index in [1.165, 1.54) is 21.3 Å². The predicted octanol–water partition coefficient (Wildman–Crippen LogP) is 7.01. The SMILES string of the molecule is COC(=O)COC(=O)CC1(C(C)(C)C)Oc2cc3c4cc5c(cc4c4cc6c(cc4c3cc2O1)OC(CC(=O)OCC(=O)OC)(C(C)(C)C)O6)OC(CC(=O)OCC(=O)OC)(C(C)(C)C)O5. The lowest BCUT2D eigenvalue weighted by Gasteiger charge is -2.38. The third kappa shape index (κ3) is 8.48. The van der Waals surface area contributed by atoms with E-state index in [2.05, 4.69) is 14.2 Å². The molecule has 66 heavy (non-hydrogen) atoms. The van der Waals surface area contributed by atoms with Crippen molar-refractivity contribution in [1.82, 2.24) is 0 Å². The molecule has 0 fully saturated rings. The lowest BCUT2D eigenvalue weighted by Crippen LogP contribution is -2.52. The fraction of sp³-hybridized carbons (Fsp3) is 0.500. The smallest absolute Gasteiger partial charge is 0.344 e. The van der Waals surface area contributed by atoms with Gasteiger partial charge >= 0.3 is 35.8 Å². The summed E-state index contributed by atoms with van der Waals surface area (Å²) >= 11 is 0. The van der Waals surface area contributed by atoms with E-state index in [0.29, 0.717) is 66.8 Å². The number of benzene rings is 4. The van der Waals surface area contributed by atoms with Gasteiger partial charge in [0.2, 0.25) is 0 Å². The molecule has 4 aromatic carbocycles. The minimum absolute atomic E-state index is 0.312. The second-order valence-electron chi connectivity index (χ2n) is 19.4. The number of methoxy groups -OCH3 is 3. The molecule has 7 rings (SSSR count). The molecule has 4 aromatic rings. The maximum Gasteiger partial charge on any atom is 0.344 e. The van der Waals surface area contributed by atoms with Crippen LogP contribution in [0.2, 0.25) is 0 Å². The zero-order chi connectivity index (χ0) is 48.4. The highest BCUT2D eigenvalue weighted by Gasteiger charge is 2.56. The number of hydrogen-bond donors (Lipinski definition) is 0. The van der Waals surface area contributed by atoms with Gasteiger partial charge in [-0.15, -0.1) is 0 Å². The molecule has 18 nitrogen and oxygen atoms in total. The van der Waals surface area contributed by atoms with Gasteiger partial charge in [0.05, 0.1) is 21.3 Å². The summed E-state index contributed by atoms with van der Waals surface area (Å²) in [6.45, 7) is 14.8. The summed E-state index contributed by atoms with van der Waals surface area (Å²) in [7, 11) is 3.56. The molecule has 3 aliphatic rings.